The zero-order chi connectivity index (χ0) is 19.3. The fraction of sp³-hybridized carbons (Fsp3) is 0.238. The van der Waals surface area contributed by atoms with E-state index in [0.717, 1.165) is 24.1 Å². The summed E-state index contributed by atoms with van der Waals surface area (Å²) in [7, 11) is 0. The fourth-order valence-corrected chi connectivity index (χ4v) is 3.15. The Hall–Kier alpha value is -3.32. The van der Waals surface area contributed by atoms with Crippen LogP contribution in [0.25, 0.3) is 11.3 Å². The van der Waals surface area contributed by atoms with Crippen LogP contribution in [0.15, 0.2) is 55.1 Å². The zero-order valence-corrected chi connectivity index (χ0v) is 15.3. The van der Waals surface area contributed by atoms with Gasteiger partial charge in [0.05, 0.1) is 30.2 Å². The maximum Gasteiger partial charge on any atom is 0.225 e. The van der Waals surface area contributed by atoms with Gasteiger partial charge in [-0.05, 0) is 30.3 Å². The zero-order valence-electron chi connectivity index (χ0n) is 15.3. The van der Waals surface area contributed by atoms with Crippen molar-refractivity contribution in [3.8, 4) is 17.1 Å². The average molecular weight is 377 g/mol. The minimum atomic E-state index is 0. The molecule has 28 heavy (non-hydrogen) atoms. The molecule has 0 bridgehead atoms. The summed E-state index contributed by atoms with van der Waals surface area (Å²) in [5.41, 5.74) is 9.72. The minimum Gasteiger partial charge on any atom is -0.474 e. The number of nitrogen functional groups attached to an aromatic ring is 1. The molecular formula is C21H23N5O2. The van der Waals surface area contributed by atoms with Gasteiger partial charge in [0, 0.05) is 55.9 Å². The Morgan fingerprint density at radius 2 is 1.96 bits per heavy atom. The van der Waals surface area contributed by atoms with Crippen LogP contribution in [0.5, 0.6) is 5.88 Å². The first-order chi connectivity index (χ1) is 13.7. The normalized spacial score (nSPS) is 14.6. The van der Waals surface area contributed by atoms with Crippen LogP contribution < -0.4 is 10.5 Å². The Morgan fingerprint density at radius 3 is 2.75 bits per heavy atom. The van der Waals surface area contributed by atoms with Crippen LogP contribution in [0.1, 0.15) is 25.4 Å². The molecule has 144 valence electrons. The van der Waals surface area contributed by atoms with E-state index in [-0.39, 0.29) is 13.2 Å². The summed E-state index contributed by atoms with van der Waals surface area (Å²) in [5, 5.41) is 8.76. The minimum absolute atomic E-state index is 0. The second-order valence-corrected chi connectivity index (χ2v) is 6.56. The van der Waals surface area contributed by atoms with Gasteiger partial charge in [0.25, 0.3) is 0 Å². The van der Waals surface area contributed by atoms with Gasteiger partial charge in [-0.25, -0.2) is 4.98 Å². The maximum absolute atomic E-state index is 8.76. The Morgan fingerprint density at radius 1 is 1.14 bits per heavy atom. The van der Waals surface area contributed by atoms with Gasteiger partial charge in [0.2, 0.25) is 5.88 Å². The molecule has 3 aromatic rings. The third kappa shape index (κ3) is 3.84. The number of nitrogens with two attached hydrogens (primary N) is 1. The maximum atomic E-state index is 8.76. The molecule has 0 unspecified atom stereocenters. The molecule has 0 aromatic carbocycles. The smallest absolute Gasteiger partial charge is 0.225 e. The molecule has 0 spiro atoms. The number of ether oxygens (including phenoxy) is 2. The van der Waals surface area contributed by atoms with Crippen LogP contribution in [-0.4, -0.2) is 40.0 Å². The van der Waals surface area contributed by atoms with E-state index >= 15 is 0 Å². The highest BCUT2D eigenvalue weighted by molar-refractivity contribution is 6.15. The van der Waals surface area contributed by atoms with Crippen LogP contribution in [0.4, 0.5) is 5.69 Å². The van der Waals surface area contributed by atoms with E-state index in [4.69, 9.17) is 20.6 Å². The van der Waals surface area contributed by atoms with Gasteiger partial charge in [-0.3, -0.25) is 15.4 Å². The Labute approximate surface area is 164 Å². The number of anilines is 1. The van der Waals surface area contributed by atoms with E-state index in [9.17, 15) is 0 Å². The molecule has 4 heterocycles. The van der Waals surface area contributed by atoms with Crippen molar-refractivity contribution in [2.24, 2.45) is 0 Å². The molecule has 3 aromatic heterocycles. The van der Waals surface area contributed by atoms with E-state index < -0.39 is 0 Å². The number of nitrogens with one attached hydrogen (secondary N) is 1. The predicted molar refractivity (Wildman–Crippen MR) is 109 cm³/mol. The lowest BCUT2D eigenvalue weighted by Gasteiger charge is -2.24. The lowest BCUT2D eigenvalue weighted by molar-refractivity contribution is 0.0237. The van der Waals surface area contributed by atoms with E-state index in [1.165, 1.54) is 0 Å². The first-order valence-corrected chi connectivity index (χ1v) is 9.17. The predicted octanol–water partition coefficient (Wildman–Crippen LogP) is 3.34. The monoisotopic (exact) mass is 377 g/mol. The summed E-state index contributed by atoms with van der Waals surface area (Å²) in [6.07, 6.45) is 8.34. The molecule has 0 atom stereocenters. The Bertz CT molecular complexity index is 978. The molecule has 0 radical (unpaired) electrons. The van der Waals surface area contributed by atoms with E-state index in [1.54, 1.807) is 36.9 Å². The van der Waals surface area contributed by atoms with Crippen molar-refractivity contribution in [3.63, 3.8) is 0 Å². The number of pyridine rings is 3. The summed E-state index contributed by atoms with van der Waals surface area (Å²) in [5.74, 6) is 0.386. The Kier molecular flexibility index (Phi) is 5.25. The van der Waals surface area contributed by atoms with Crippen LogP contribution in [-0.2, 0) is 4.74 Å². The van der Waals surface area contributed by atoms with Gasteiger partial charge < -0.3 is 15.2 Å². The lowest BCUT2D eigenvalue weighted by Crippen LogP contribution is -2.27. The number of nitrogens with zero attached hydrogens (tertiary/aromatic N) is 3. The molecule has 1 aliphatic heterocycles. The molecule has 0 saturated carbocycles. The van der Waals surface area contributed by atoms with Crippen molar-refractivity contribution < 1.29 is 10.9 Å². The SMILES string of the molecule is N=C(c1ccnc(-c2cccnc2)c1)c1c(N)ccnc1OC1CCOCC1.[HH]. The van der Waals surface area contributed by atoms with Crippen molar-refractivity contribution in [1.82, 2.24) is 15.0 Å². The van der Waals surface area contributed by atoms with Crippen molar-refractivity contribution in [2.45, 2.75) is 18.9 Å². The fourth-order valence-electron chi connectivity index (χ4n) is 3.15. The molecule has 1 saturated heterocycles. The summed E-state index contributed by atoms with van der Waals surface area (Å²) < 4.78 is 11.5. The number of hydrogen-bond acceptors (Lipinski definition) is 7. The molecule has 1 aliphatic rings. The molecule has 0 aliphatic carbocycles. The topological polar surface area (TPSA) is 107 Å². The van der Waals surface area contributed by atoms with Crippen LogP contribution in [0.3, 0.4) is 0 Å². The summed E-state index contributed by atoms with van der Waals surface area (Å²) in [6, 6.07) is 9.11. The first-order valence-electron chi connectivity index (χ1n) is 9.17. The molecule has 1 fully saturated rings. The Balaban J connectivity index is 0.00000240. The third-order valence-corrected chi connectivity index (χ3v) is 4.65. The quantitative estimate of drug-likeness (QED) is 0.660. The van der Waals surface area contributed by atoms with Gasteiger partial charge in [0.15, 0.2) is 0 Å². The van der Waals surface area contributed by atoms with Gasteiger partial charge in [-0.15, -0.1) is 0 Å². The van der Waals surface area contributed by atoms with Crippen LogP contribution in [0, 0.1) is 5.41 Å². The molecule has 7 heteroatoms. The van der Waals surface area contributed by atoms with Crippen LogP contribution in [0.2, 0.25) is 0 Å². The van der Waals surface area contributed by atoms with E-state index in [2.05, 4.69) is 15.0 Å². The third-order valence-electron chi connectivity index (χ3n) is 4.65. The van der Waals surface area contributed by atoms with Crippen molar-refractivity contribution >= 4 is 11.4 Å². The highest BCUT2D eigenvalue weighted by Gasteiger charge is 2.22. The molecule has 3 N–H and O–H groups in total. The second-order valence-electron chi connectivity index (χ2n) is 6.56. The number of hydrogen-bond donors (Lipinski definition) is 2. The van der Waals surface area contributed by atoms with Gasteiger partial charge in [-0.2, -0.15) is 0 Å². The first kappa shape index (κ1) is 18.1. The standard InChI is InChI=1S/C21H21N5O2.H2/c22-17-4-9-26-21(28-16-5-10-27-11-6-16)19(17)20(23)14-3-8-25-18(12-14)15-2-1-7-24-13-15;/h1-4,7-9,12-13,16,23H,5-6,10-11H2,(H2,22,26);1H. The number of aromatic nitrogens is 3. The van der Waals surface area contributed by atoms with Crippen LogP contribution >= 0.6 is 0 Å². The van der Waals surface area contributed by atoms with Gasteiger partial charge in [-0.1, -0.05) is 0 Å². The average Bonchev–Trinajstić information content (AvgIpc) is 2.75. The van der Waals surface area contributed by atoms with Crippen molar-refractivity contribution in [1.29, 1.82) is 5.41 Å². The van der Waals surface area contributed by atoms with Crippen molar-refractivity contribution in [3.05, 3.63) is 66.2 Å². The molecule has 7 nitrogen and oxygen atoms in total. The van der Waals surface area contributed by atoms with Crippen molar-refractivity contribution in [2.75, 3.05) is 18.9 Å². The summed E-state index contributed by atoms with van der Waals surface area (Å²) >= 11 is 0. The summed E-state index contributed by atoms with van der Waals surface area (Å²) in [4.78, 5) is 12.9. The van der Waals surface area contributed by atoms with E-state index in [0.29, 0.717) is 35.9 Å². The largest absolute Gasteiger partial charge is 0.474 e. The molecule has 4 rings (SSSR count). The highest BCUT2D eigenvalue weighted by Crippen LogP contribution is 2.28. The summed E-state index contributed by atoms with van der Waals surface area (Å²) in [6.45, 7) is 1.33. The highest BCUT2D eigenvalue weighted by atomic mass is 16.5. The second kappa shape index (κ2) is 8.14. The van der Waals surface area contributed by atoms with Gasteiger partial charge in [0.1, 0.15) is 6.10 Å². The molecule has 0 amide bonds. The number of rotatable bonds is 5. The molecular weight excluding hydrogens is 354 g/mol. The lowest BCUT2D eigenvalue weighted by atomic mass is 10.0. The van der Waals surface area contributed by atoms with E-state index in [1.807, 2.05) is 18.2 Å². The van der Waals surface area contributed by atoms with Gasteiger partial charge >= 0.3 is 0 Å².